The monoisotopic (exact) mass is 279 g/mol. The quantitative estimate of drug-likeness (QED) is 0.905. The van der Waals surface area contributed by atoms with Gasteiger partial charge in [-0.25, -0.2) is 8.42 Å². The molecule has 0 aromatic heterocycles. The summed E-state index contributed by atoms with van der Waals surface area (Å²) >= 11 is 0. The van der Waals surface area contributed by atoms with Crippen LogP contribution in [-0.4, -0.2) is 19.7 Å². The first-order valence-electron chi connectivity index (χ1n) is 7.01. The van der Waals surface area contributed by atoms with Gasteiger partial charge in [0.2, 0.25) is 0 Å². The van der Waals surface area contributed by atoms with Crippen LogP contribution < -0.4 is 5.32 Å². The Morgan fingerprint density at radius 2 is 1.79 bits per heavy atom. The third kappa shape index (κ3) is 2.11. The van der Waals surface area contributed by atoms with Crippen LogP contribution in [-0.2, 0) is 9.84 Å². The SMILES string of the molecule is Cc1ccc(C)c2c1C(NC1CC1)CC(C)S2(=O)=O. The van der Waals surface area contributed by atoms with E-state index in [1.165, 1.54) is 12.8 Å². The van der Waals surface area contributed by atoms with E-state index in [1.54, 1.807) is 0 Å². The Balaban J connectivity index is 2.18. The van der Waals surface area contributed by atoms with Crippen LogP contribution in [0, 0.1) is 13.8 Å². The molecule has 1 N–H and O–H groups in total. The molecule has 2 atom stereocenters. The van der Waals surface area contributed by atoms with E-state index in [0.29, 0.717) is 17.4 Å². The van der Waals surface area contributed by atoms with Gasteiger partial charge in [-0.2, -0.15) is 0 Å². The number of fused-ring (bicyclic) bond motifs is 1. The number of benzene rings is 1. The summed E-state index contributed by atoms with van der Waals surface area (Å²) < 4.78 is 25.2. The van der Waals surface area contributed by atoms with Crippen LogP contribution in [0.25, 0.3) is 0 Å². The van der Waals surface area contributed by atoms with Crippen molar-refractivity contribution < 1.29 is 8.42 Å². The molecule has 0 amide bonds. The van der Waals surface area contributed by atoms with Gasteiger partial charge in [0, 0.05) is 12.1 Å². The zero-order chi connectivity index (χ0) is 13.8. The lowest BCUT2D eigenvalue weighted by Crippen LogP contribution is -2.36. The van der Waals surface area contributed by atoms with Crippen LogP contribution in [0.5, 0.6) is 0 Å². The normalized spacial score (nSPS) is 29.0. The van der Waals surface area contributed by atoms with E-state index < -0.39 is 9.84 Å². The Kier molecular flexibility index (Phi) is 2.98. The van der Waals surface area contributed by atoms with Crippen molar-refractivity contribution >= 4 is 9.84 Å². The molecule has 0 spiro atoms. The minimum atomic E-state index is -3.16. The van der Waals surface area contributed by atoms with E-state index in [4.69, 9.17) is 0 Å². The molecule has 1 aliphatic heterocycles. The van der Waals surface area contributed by atoms with Crippen LogP contribution in [0.15, 0.2) is 17.0 Å². The lowest BCUT2D eigenvalue weighted by molar-refractivity contribution is 0.458. The number of sulfone groups is 1. The van der Waals surface area contributed by atoms with Crippen LogP contribution in [0.3, 0.4) is 0 Å². The molecule has 1 aromatic rings. The van der Waals surface area contributed by atoms with Gasteiger partial charge in [0.1, 0.15) is 0 Å². The Morgan fingerprint density at radius 1 is 1.16 bits per heavy atom. The molecule has 1 fully saturated rings. The molecule has 0 bridgehead atoms. The second kappa shape index (κ2) is 4.32. The van der Waals surface area contributed by atoms with Crippen molar-refractivity contribution in [3.05, 3.63) is 28.8 Å². The van der Waals surface area contributed by atoms with Gasteiger partial charge in [0.25, 0.3) is 0 Å². The average Bonchev–Trinajstić information content (AvgIpc) is 3.13. The topological polar surface area (TPSA) is 46.2 Å². The summed E-state index contributed by atoms with van der Waals surface area (Å²) in [5, 5.41) is 3.33. The van der Waals surface area contributed by atoms with Gasteiger partial charge in [-0.3, -0.25) is 0 Å². The van der Waals surface area contributed by atoms with E-state index in [0.717, 1.165) is 16.7 Å². The Labute approximate surface area is 115 Å². The molecule has 1 heterocycles. The maximum atomic E-state index is 12.6. The second-order valence-electron chi connectivity index (χ2n) is 6.03. The van der Waals surface area contributed by atoms with Gasteiger partial charge in [0.05, 0.1) is 10.1 Å². The number of aryl methyl sites for hydroxylation is 2. The highest BCUT2D eigenvalue weighted by Crippen LogP contribution is 2.41. The van der Waals surface area contributed by atoms with Gasteiger partial charge in [-0.1, -0.05) is 12.1 Å². The summed E-state index contributed by atoms with van der Waals surface area (Å²) in [6.07, 6.45) is 3.13. The third-order valence-electron chi connectivity index (χ3n) is 4.36. The first-order chi connectivity index (χ1) is 8.91. The van der Waals surface area contributed by atoms with Crippen LogP contribution in [0.1, 0.15) is 48.9 Å². The summed E-state index contributed by atoms with van der Waals surface area (Å²) in [7, 11) is -3.16. The van der Waals surface area contributed by atoms with Gasteiger partial charge < -0.3 is 5.32 Å². The summed E-state index contributed by atoms with van der Waals surface area (Å²) in [5.41, 5.74) is 2.99. The van der Waals surface area contributed by atoms with Crippen LogP contribution in [0.2, 0.25) is 0 Å². The first kappa shape index (κ1) is 13.1. The molecule has 104 valence electrons. The predicted molar refractivity (Wildman–Crippen MR) is 76.1 cm³/mol. The number of hydrogen-bond acceptors (Lipinski definition) is 3. The van der Waals surface area contributed by atoms with Gasteiger partial charge in [0.15, 0.2) is 9.84 Å². The molecule has 2 aliphatic rings. The molecule has 0 saturated heterocycles. The maximum absolute atomic E-state index is 12.6. The Morgan fingerprint density at radius 3 is 2.42 bits per heavy atom. The highest BCUT2D eigenvalue weighted by Gasteiger charge is 2.39. The summed E-state index contributed by atoms with van der Waals surface area (Å²) in [6.45, 7) is 5.76. The number of hydrogen-bond donors (Lipinski definition) is 1. The van der Waals surface area contributed by atoms with E-state index in [2.05, 4.69) is 5.32 Å². The molecule has 1 aliphatic carbocycles. The first-order valence-corrected chi connectivity index (χ1v) is 8.56. The molecular formula is C15H21NO2S. The predicted octanol–water partition coefficient (Wildman–Crippen LogP) is 2.66. The Bertz CT molecular complexity index is 617. The van der Waals surface area contributed by atoms with Gasteiger partial charge >= 0.3 is 0 Å². The minimum Gasteiger partial charge on any atom is -0.307 e. The highest BCUT2D eigenvalue weighted by molar-refractivity contribution is 7.92. The van der Waals surface area contributed by atoms with Crippen molar-refractivity contribution in [2.24, 2.45) is 0 Å². The van der Waals surface area contributed by atoms with Crippen molar-refractivity contribution in [1.29, 1.82) is 0 Å². The molecule has 1 saturated carbocycles. The van der Waals surface area contributed by atoms with E-state index in [9.17, 15) is 8.42 Å². The number of rotatable bonds is 2. The molecule has 3 rings (SSSR count). The van der Waals surface area contributed by atoms with Crippen molar-refractivity contribution in [3.63, 3.8) is 0 Å². The van der Waals surface area contributed by atoms with E-state index in [1.807, 2.05) is 32.9 Å². The summed E-state index contributed by atoms with van der Waals surface area (Å²) in [6, 6.07) is 4.76. The largest absolute Gasteiger partial charge is 0.307 e. The van der Waals surface area contributed by atoms with Crippen molar-refractivity contribution in [2.45, 2.75) is 62.3 Å². The lowest BCUT2D eigenvalue weighted by Gasteiger charge is -2.33. The molecule has 2 unspecified atom stereocenters. The standard InChI is InChI=1S/C15H21NO2S/c1-9-4-5-10(2)15-14(9)13(16-12-6-7-12)8-11(3)19(15,17)18/h4-5,11-13,16H,6-8H2,1-3H3. The lowest BCUT2D eigenvalue weighted by atomic mass is 9.94. The molecule has 4 heteroatoms. The zero-order valence-electron chi connectivity index (χ0n) is 11.7. The molecular weight excluding hydrogens is 258 g/mol. The fraction of sp³-hybridized carbons (Fsp3) is 0.600. The van der Waals surface area contributed by atoms with Crippen LogP contribution >= 0.6 is 0 Å². The molecule has 3 nitrogen and oxygen atoms in total. The maximum Gasteiger partial charge on any atom is 0.181 e. The fourth-order valence-electron chi connectivity index (χ4n) is 3.08. The van der Waals surface area contributed by atoms with Gasteiger partial charge in [-0.15, -0.1) is 0 Å². The fourth-order valence-corrected chi connectivity index (χ4v) is 5.06. The van der Waals surface area contributed by atoms with Crippen molar-refractivity contribution in [2.75, 3.05) is 0 Å². The van der Waals surface area contributed by atoms with Gasteiger partial charge in [-0.05, 0) is 56.7 Å². The zero-order valence-corrected chi connectivity index (χ0v) is 12.5. The third-order valence-corrected chi connectivity index (χ3v) is 6.72. The Hall–Kier alpha value is -0.870. The van der Waals surface area contributed by atoms with Crippen LogP contribution in [0.4, 0.5) is 0 Å². The smallest absolute Gasteiger partial charge is 0.181 e. The van der Waals surface area contributed by atoms with E-state index in [-0.39, 0.29) is 11.3 Å². The summed E-state index contributed by atoms with van der Waals surface area (Å²) in [5.74, 6) is 0. The van der Waals surface area contributed by atoms with E-state index >= 15 is 0 Å². The number of nitrogens with one attached hydrogen (secondary N) is 1. The highest BCUT2D eigenvalue weighted by atomic mass is 32.2. The summed E-state index contributed by atoms with van der Waals surface area (Å²) in [4.78, 5) is 0.587. The molecule has 1 aromatic carbocycles. The minimum absolute atomic E-state index is 0.195. The molecule has 19 heavy (non-hydrogen) atoms. The van der Waals surface area contributed by atoms with Crippen molar-refractivity contribution in [3.8, 4) is 0 Å². The average molecular weight is 279 g/mol. The van der Waals surface area contributed by atoms with Crippen molar-refractivity contribution in [1.82, 2.24) is 5.32 Å². The second-order valence-corrected chi connectivity index (χ2v) is 8.33. The molecule has 0 radical (unpaired) electrons.